The average molecular weight is 235 g/mol. The molecule has 96 valence electrons. The highest BCUT2D eigenvalue weighted by Gasteiger charge is 2.21. The second-order valence-electron chi connectivity index (χ2n) is 5.44. The fraction of sp³-hybridized carbons (Fsp3) is 0.733. The Morgan fingerprint density at radius 1 is 1.18 bits per heavy atom. The van der Waals surface area contributed by atoms with Crippen molar-refractivity contribution in [2.24, 2.45) is 5.92 Å². The van der Waals surface area contributed by atoms with Gasteiger partial charge in [0.15, 0.2) is 0 Å². The lowest BCUT2D eigenvalue weighted by Crippen LogP contribution is -2.35. The van der Waals surface area contributed by atoms with Crippen LogP contribution in [0.15, 0.2) is 22.8 Å². The molecule has 0 aliphatic heterocycles. The largest absolute Gasteiger partial charge is 0.468 e. The summed E-state index contributed by atoms with van der Waals surface area (Å²) >= 11 is 0. The van der Waals surface area contributed by atoms with E-state index in [-0.39, 0.29) is 0 Å². The van der Waals surface area contributed by atoms with E-state index in [1.54, 1.807) is 6.26 Å². The summed E-state index contributed by atoms with van der Waals surface area (Å²) in [6, 6.07) is 4.93. The zero-order chi connectivity index (χ0) is 12.1. The van der Waals surface area contributed by atoms with E-state index in [2.05, 4.69) is 25.2 Å². The minimum atomic E-state index is 0.322. The molecule has 2 atom stereocenters. The molecule has 0 amide bonds. The van der Waals surface area contributed by atoms with Crippen LogP contribution in [0.25, 0.3) is 0 Å². The molecule has 1 aliphatic rings. The van der Waals surface area contributed by atoms with Gasteiger partial charge in [0.1, 0.15) is 5.76 Å². The molecule has 2 heteroatoms. The molecule has 1 saturated carbocycles. The van der Waals surface area contributed by atoms with Gasteiger partial charge in [-0.2, -0.15) is 0 Å². The van der Waals surface area contributed by atoms with Crippen molar-refractivity contribution in [3.05, 3.63) is 24.2 Å². The summed E-state index contributed by atoms with van der Waals surface area (Å²) in [5.41, 5.74) is 0. The molecule has 1 aromatic heterocycles. The van der Waals surface area contributed by atoms with Crippen LogP contribution in [0, 0.1) is 5.92 Å². The lowest BCUT2D eigenvalue weighted by atomic mass is 9.92. The first-order valence-corrected chi connectivity index (χ1v) is 7.07. The summed E-state index contributed by atoms with van der Waals surface area (Å²) in [5.74, 6) is 1.89. The normalized spacial score (nSPS) is 22.0. The van der Waals surface area contributed by atoms with Crippen molar-refractivity contribution < 1.29 is 4.42 Å². The van der Waals surface area contributed by atoms with Crippen molar-refractivity contribution >= 4 is 0 Å². The maximum atomic E-state index is 5.45. The summed E-state index contributed by atoms with van der Waals surface area (Å²) in [6.07, 6.45) is 10.2. The van der Waals surface area contributed by atoms with E-state index < -0.39 is 0 Å². The van der Waals surface area contributed by atoms with Gasteiger partial charge in [0, 0.05) is 6.04 Å². The number of rotatable bonds is 4. The molecule has 0 spiro atoms. The van der Waals surface area contributed by atoms with Crippen molar-refractivity contribution in [3.63, 3.8) is 0 Å². The Balaban J connectivity index is 1.85. The van der Waals surface area contributed by atoms with E-state index in [1.807, 2.05) is 6.07 Å². The van der Waals surface area contributed by atoms with Gasteiger partial charge in [-0.15, -0.1) is 0 Å². The molecule has 17 heavy (non-hydrogen) atoms. The van der Waals surface area contributed by atoms with Gasteiger partial charge in [0.05, 0.1) is 12.3 Å². The molecule has 1 fully saturated rings. The van der Waals surface area contributed by atoms with Gasteiger partial charge in [0.25, 0.3) is 0 Å². The predicted molar refractivity (Wildman–Crippen MR) is 70.9 cm³/mol. The average Bonchev–Trinajstić information content (AvgIpc) is 2.71. The van der Waals surface area contributed by atoms with E-state index >= 15 is 0 Å². The zero-order valence-corrected chi connectivity index (χ0v) is 11.1. The van der Waals surface area contributed by atoms with E-state index in [1.165, 1.54) is 38.5 Å². The molecule has 2 rings (SSSR count). The van der Waals surface area contributed by atoms with Gasteiger partial charge < -0.3 is 9.73 Å². The van der Waals surface area contributed by atoms with Gasteiger partial charge in [-0.05, 0) is 44.7 Å². The van der Waals surface area contributed by atoms with Crippen LogP contribution < -0.4 is 5.32 Å². The lowest BCUT2D eigenvalue weighted by molar-refractivity contribution is 0.300. The van der Waals surface area contributed by atoms with Crippen LogP contribution in [0.4, 0.5) is 0 Å². The van der Waals surface area contributed by atoms with Crippen LogP contribution in [-0.2, 0) is 0 Å². The van der Waals surface area contributed by atoms with E-state index in [0.29, 0.717) is 12.1 Å². The Labute approximate surface area is 105 Å². The quantitative estimate of drug-likeness (QED) is 0.788. The summed E-state index contributed by atoms with van der Waals surface area (Å²) in [7, 11) is 0. The number of nitrogens with one attached hydrogen (secondary N) is 1. The Kier molecular flexibility index (Phi) is 4.66. The van der Waals surface area contributed by atoms with Crippen LogP contribution in [0.5, 0.6) is 0 Å². The van der Waals surface area contributed by atoms with E-state index in [9.17, 15) is 0 Å². The van der Waals surface area contributed by atoms with Crippen molar-refractivity contribution in [2.75, 3.05) is 0 Å². The SMILES string of the molecule is CC(N[C@H](C)C1CCCCCC1)c1ccco1. The fourth-order valence-electron chi connectivity index (χ4n) is 2.96. The van der Waals surface area contributed by atoms with Crippen LogP contribution in [-0.4, -0.2) is 6.04 Å². The van der Waals surface area contributed by atoms with E-state index in [4.69, 9.17) is 4.42 Å². The highest BCUT2D eigenvalue weighted by molar-refractivity contribution is 5.03. The minimum absolute atomic E-state index is 0.322. The van der Waals surface area contributed by atoms with Crippen LogP contribution in [0.1, 0.15) is 64.2 Å². The molecule has 1 N–H and O–H groups in total. The third-order valence-corrected chi connectivity index (χ3v) is 4.09. The summed E-state index contributed by atoms with van der Waals surface area (Å²) in [4.78, 5) is 0. The molecule has 0 bridgehead atoms. The Hall–Kier alpha value is -0.760. The topological polar surface area (TPSA) is 25.2 Å². The molecule has 1 aliphatic carbocycles. The molecule has 0 aromatic carbocycles. The maximum absolute atomic E-state index is 5.45. The third kappa shape index (κ3) is 3.60. The van der Waals surface area contributed by atoms with Gasteiger partial charge >= 0.3 is 0 Å². The van der Waals surface area contributed by atoms with Gasteiger partial charge in [-0.3, -0.25) is 0 Å². The first-order valence-electron chi connectivity index (χ1n) is 7.07. The number of hydrogen-bond donors (Lipinski definition) is 1. The number of hydrogen-bond acceptors (Lipinski definition) is 2. The molecule has 0 saturated heterocycles. The molecule has 1 unspecified atom stereocenters. The Morgan fingerprint density at radius 2 is 1.88 bits per heavy atom. The zero-order valence-electron chi connectivity index (χ0n) is 11.1. The van der Waals surface area contributed by atoms with Gasteiger partial charge in [0.2, 0.25) is 0 Å². The van der Waals surface area contributed by atoms with Crippen molar-refractivity contribution in [1.29, 1.82) is 0 Å². The van der Waals surface area contributed by atoms with Crippen molar-refractivity contribution in [2.45, 2.75) is 64.5 Å². The molecule has 0 radical (unpaired) electrons. The second-order valence-corrected chi connectivity index (χ2v) is 5.44. The smallest absolute Gasteiger partial charge is 0.120 e. The summed E-state index contributed by atoms with van der Waals surface area (Å²) < 4.78 is 5.45. The molecule has 1 aromatic rings. The van der Waals surface area contributed by atoms with Crippen LogP contribution in [0.2, 0.25) is 0 Å². The Morgan fingerprint density at radius 3 is 2.47 bits per heavy atom. The molecule has 2 nitrogen and oxygen atoms in total. The summed E-state index contributed by atoms with van der Waals surface area (Å²) in [5, 5.41) is 3.69. The van der Waals surface area contributed by atoms with Crippen molar-refractivity contribution in [3.8, 4) is 0 Å². The lowest BCUT2D eigenvalue weighted by Gasteiger charge is -2.26. The first kappa shape index (κ1) is 12.7. The predicted octanol–water partition coefficient (Wildman–Crippen LogP) is 4.29. The number of furan rings is 1. The monoisotopic (exact) mass is 235 g/mol. The minimum Gasteiger partial charge on any atom is -0.468 e. The fourth-order valence-corrected chi connectivity index (χ4v) is 2.96. The standard InChI is InChI=1S/C15H25NO/c1-12(14-8-5-3-4-6-9-14)16-13(2)15-10-7-11-17-15/h7,10-14,16H,3-6,8-9H2,1-2H3/t12-,13?/m1/s1. The van der Waals surface area contributed by atoms with Gasteiger partial charge in [-0.25, -0.2) is 0 Å². The highest BCUT2D eigenvalue weighted by Crippen LogP contribution is 2.26. The second kappa shape index (κ2) is 6.25. The third-order valence-electron chi connectivity index (χ3n) is 4.09. The highest BCUT2D eigenvalue weighted by atomic mass is 16.3. The Bertz CT molecular complexity index is 299. The van der Waals surface area contributed by atoms with Crippen LogP contribution in [0.3, 0.4) is 0 Å². The van der Waals surface area contributed by atoms with Crippen molar-refractivity contribution in [1.82, 2.24) is 5.32 Å². The molecule has 1 heterocycles. The maximum Gasteiger partial charge on any atom is 0.120 e. The van der Waals surface area contributed by atoms with Crippen LogP contribution >= 0.6 is 0 Å². The molecular weight excluding hydrogens is 210 g/mol. The van der Waals surface area contributed by atoms with E-state index in [0.717, 1.165) is 11.7 Å². The molecular formula is C15H25NO. The summed E-state index contributed by atoms with van der Waals surface area (Å²) in [6.45, 7) is 4.52. The van der Waals surface area contributed by atoms with Gasteiger partial charge in [-0.1, -0.05) is 25.7 Å². The first-order chi connectivity index (χ1) is 8.27.